The summed E-state index contributed by atoms with van der Waals surface area (Å²) in [5.41, 5.74) is 0. The average molecular weight is 1350 g/mol. The van der Waals surface area contributed by atoms with E-state index in [1.807, 2.05) is 0 Å². The molecule has 4 unspecified atom stereocenters. The molecule has 0 radical (unpaired) electrons. The van der Waals surface area contributed by atoms with E-state index in [4.69, 9.17) is 37.0 Å². The third-order valence-corrected chi connectivity index (χ3v) is 19.4. The first-order valence-corrected chi connectivity index (χ1v) is 40.8. The number of hydrogen-bond acceptors (Lipinski definition) is 15. The standard InChI is InChI=1S/C73H142O17P2/c1-9-65(7)51-43-35-27-21-23-30-38-46-54-71(76)84-60-69(90-73(78)56-48-40-32-24-22-28-36-44-52-66(8)10-2)62-88-92(81,82)86-58-67(74)57-85-91(79,80)87-61-68(59-83-70(75)53-45-37-29-20-16-18-26-34-42-50-64(5)6)89-72(77)55-47-39-31-19-15-13-11-12-14-17-25-33-41-49-63(3)4/h63-69,74H,9-62H2,1-8H3,(H,79,80)(H,81,82)/t65?,66?,67-,68-,69-/m1/s1. The first kappa shape index (κ1) is 90.1. The van der Waals surface area contributed by atoms with Crippen molar-refractivity contribution in [1.82, 2.24) is 0 Å². The highest BCUT2D eigenvalue weighted by Gasteiger charge is 2.30. The highest BCUT2D eigenvalue weighted by Crippen LogP contribution is 2.45. The number of rotatable bonds is 70. The molecule has 0 heterocycles. The molecule has 7 atom stereocenters. The van der Waals surface area contributed by atoms with Gasteiger partial charge >= 0.3 is 39.5 Å². The molecule has 0 saturated carbocycles. The van der Waals surface area contributed by atoms with Crippen LogP contribution in [0.3, 0.4) is 0 Å². The molecule has 0 spiro atoms. The molecule has 19 heteroatoms. The number of esters is 4. The van der Waals surface area contributed by atoms with Crippen LogP contribution < -0.4 is 0 Å². The van der Waals surface area contributed by atoms with E-state index in [9.17, 15) is 43.2 Å². The molecule has 0 aromatic carbocycles. The lowest BCUT2D eigenvalue weighted by Crippen LogP contribution is -2.30. The monoisotopic (exact) mass is 1350 g/mol. The number of hydrogen-bond donors (Lipinski definition) is 3. The zero-order valence-electron chi connectivity index (χ0n) is 60.2. The molecule has 0 aliphatic rings. The topological polar surface area (TPSA) is 237 Å². The molecule has 3 N–H and O–H groups in total. The summed E-state index contributed by atoms with van der Waals surface area (Å²) in [6, 6.07) is 0. The molecule has 17 nitrogen and oxygen atoms in total. The van der Waals surface area contributed by atoms with E-state index in [0.29, 0.717) is 25.7 Å². The quantitative estimate of drug-likeness (QED) is 0.0222. The molecule has 0 rings (SSSR count). The lowest BCUT2D eigenvalue weighted by molar-refractivity contribution is -0.161. The Morgan fingerprint density at radius 3 is 0.772 bits per heavy atom. The van der Waals surface area contributed by atoms with Gasteiger partial charge in [-0.05, 0) is 49.4 Å². The predicted molar refractivity (Wildman–Crippen MR) is 372 cm³/mol. The lowest BCUT2D eigenvalue weighted by Gasteiger charge is -2.21. The van der Waals surface area contributed by atoms with E-state index in [-0.39, 0.29) is 25.7 Å². The Morgan fingerprint density at radius 1 is 0.304 bits per heavy atom. The van der Waals surface area contributed by atoms with Crippen molar-refractivity contribution in [2.75, 3.05) is 39.6 Å². The van der Waals surface area contributed by atoms with Gasteiger partial charge in [-0.3, -0.25) is 37.3 Å². The SMILES string of the molecule is CCC(C)CCCCCCCCCCC(=O)OC[C@H](COP(=O)(O)OC[C@H](O)COP(=O)(O)OC[C@@H](COC(=O)CCCCCCCCCCCC(C)C)OC(=O)CCCCCCCCCCCCCCCC(C)C)OC(=O)CCCCCCCCCCC(C)CC. The van der Waals surface area contributed by atoms with Gasteiger partial charge in [-0.2, -0.15) is 0 Å². The summed E-state index contributed by atoms with van der Waals surface area (Å²) in [6.45, 7) is 14.2. The zero-order chi connectivity index (χ0) is 68.2. The van der Waals surface area contributed by atoms with E-state index in [1.165, 1.54) is 167 Å². The minimum atomic E-state index is -4.96. The molecule has 0 fully saturated rings. The van der Waals surface area contributed by atoms with Gasteiger partial charge in [-0.15, -0.1) is 0 Å². The largest absolute Gasteiger partial charge is 0.472 e. The van der Waals surface area contributed by atoms with Crippen LogP contribution in [0.15, 0.2) is 0 Å². The van der Waals surface area contributed by atoms with E-state index in [0.717, 1.165) is 114 Å². The fourth-order valence-electron chi connectivity index (χ4n) is 11.0. The van der Waals surface area contributed by atoms with Gasteiger partial charge in [-0.25, -0.2) is 9.13 Å². The third-order valence-electron chi connectivity index (χ3n) is 17.5. The molecule has 0 aliphatic heterocycles. The Bertz CT molecular complexity index is 1820. The van der Waals surface area contributed by atoms with Gasteiger partial charge in [0.05, 0.1) is 26.4 Å². The molecule has 0 bridgehead atoms. The van der Waals surface area contributed by atoms with Gasteiger partial charge in [-0.1, -0.05) is 312 Å². The molecule has 546 valence electrons. The first-order valence-electron chi connectivity index (χ1n) is 37.8. The lowest BCUT2D eigenvalue weighted by atomic mass is 9.99. The van der Waals surface area contributed by atoms with Crippen LogP contribution in [-0.2, 0) is 65.4 Å². The second kappa shape index (κ2) is 62.6. The number of phosphoric acid groups is 2. The van der Waals surface area contributed by atoms with Crippen LogP contribution >= 0.6 is 15.6 Å². The van der Waals surface area contributed by atoms with Crippen molar-refractivity contribution < 1.29 is 80.2 Å². The molecule has 0 saturated heterocycles. The third kappa shape index (κ3) is 64.1. The maximum Gasteiger partial charge on any atom is 0.472 e. The summed E-state index contributed by atoms with van der Waals surface area (Å²) in [5, 5.41) is 10.6. The average Bonchev–Trinajstić information content (AvgIpc) is 3.61. The van der Waals surface area contributed by atoms with Gasteiger partial charge in [0.15, 0.2) is 12.2 Å². The van der Waals surface area contributed by atoms with Gasteiger partial charge in [0.2, 0.25) is 0 Å². The summed E-state index contributed by atoms with van der Waals surface area (Å²) in [6.07, 6.45) is 45.7. The van der Waals surface area contributed by atoms with Crippen LogP contribution in [0, 0.1) is 23.7 Å². The maximum atomic E-state index is 13.1. The number of aliphatic hydroxyl groups excluding tert-OH is 1. The van der Waals surface area contributed by atoms with Crippen LogP contribution in [0.25, 0.3) is 0 Å². The normalized spacial score (nSPS) is 14.8. The summed E-state index contributed by atoms with van der Waals surface area (Å²) >= 11 is 0. The predicted octanol–water partition coefficient (Wildman–Crippen LogP) is 20.9. The van der Waals surface area contributed by atoms with Gasteiger partial charge in [0, 0.05) is 25.7 Å². The smallest absolute Gasteiger partial charge is 0.462 e. The zero-order valence-corrected chi connectivity index (χ0v) is 62.0. The number of carbonyl (C=O) groups excluding carboxylic acids is 4. The number of aliphatic hydroxyl groups is 1. The molecule has 92 heavy (non-hydrogen) atoms. The van der Waals surface area contributed by atoms with Crippen LogP contribution in [0.4, 0.5) is 0 Å². The van der Waals surface area contributed by atoms with Gasteiger partial charge in [0.25, 0.3) is 0 Å². The summed E-state index contributed by atoms with van der Waals surface area (Å²) in [5.74, 6) is 0.951. The maximum absolute atomic E-state index is 13.1. The molecule has 0 aromatic heterocycles. The van der Waals surface area contributed by atoms with Crippen molar-refractivity contribution in [3.63, 3.8) is 0 Å². The van der Waals surface area contributed by atoms with Crippen molar-refractivity contribution >= 4 is 39.5 Å². The molecular formula is C73H142O17P2. The van der Waals surface area contributed by atoms with E-state index in [1.54, 1.807) is 0 Å². The second-order valence-corrected chi connectivity index (χ2v) is 30.7. The fourth-order valence-corrected chi connectivity index (χ4v) is 12.5. The van der Waals surface area contributed by atoms with Gasteiger partial charge < -0.3 is 33.8 Å². The minimum Gasteiger partial charge on any atom is -0.462 e. The van der Waals surface area contributed by atoms with Crippen molar-refractivity contribution in [2.45, 2.75) is 382 Å². The summed E-state index contributed by atoms with van der Waals surface area (Å²) in [4.78, 5) is 72.7. The van der Waals surface area contributed by atoms with Crippen LogP contribution in [0.1, 0.15) is 364 Å². The number of unbranched alkanes of at least 4 members (excludes halogenated alkanes) is 34. The van der Waals surface area contributed by atoms with Crippen molar-refractivity contribution in [3.05, 3.63) is 0 Å². The van der Waals surface area contributed by atoms with Crippen LogP contribution in [-0.4, -0.2) is 96.7 Å². The number of carbonyl (C=O) groups is 4. The second-order valence-electron chi connectivity index (χ2n) is 27.8. The Hall–Kier alpha value is -1.94. The first-order chi connectivity index (χ1) is 44.2. The van der Waals surface area contributed by atoms with Crippen molar-refractivity contribution in [3.8, 4) is 0 Å². The molecular weight excluding hydrogens is 1210 g/mol. The fraction of sp³-hybridized carbons (Fsp3) is 0.945. The highest BCUT2D eigenvalue weighted by atomic mass is 31.2. The van der Waals surface area contributed by atoms with Gasteiger partial charge in [0.1, 0.15) is 19.3 Å². The molecule has 0 aliphatic carbocycles. The molecule has 0 amide bonds. The number of phosphoric ester groups is 2. The van der Waals surface area contributed by atoms with E-state index in [2.05, 4.69) is 55.4 Å². The molecule has 0 aromatic rings. The Labute approximate surface area is 562 Å². The number of ether oxygens (including phenoxy) is 4. The highest BCUT2D eigenvalue weighted by molar-refractivity contribution is 7.47. The Kier molecular flexibility index (Phi) is 61.3. The van der Waals surface area contributed by atoms with Crippen LogP contribution in [0.5, 0.6) is 0 Å². The van der Waals surface area contributed by atoms with E-state index < -0.39 is 97.5 Å². The van der Waals surface area contributed by atoms with E-state index >= 15 is 0 Å². The van der Waals surface area contributed by atoms with Crippen molar-refractivity contribution in [2.24, 2.45) is 23.7 Å². The Balaban J connectivity index is 5.27. The van der Waals surface area contributed by atoms with Crippen LogP contribution in [0.2, 0.25) is 0 Å². The van der Waals surface area contributed by atoms with Crippen molar-refractivity contribution in [1.29, 1.82) is 0 Å². The summed E-state index contributed by atoms with van der Waals surface area (Å²) < 4.78 is 68.4. The summed E-state index contributed by atoms with van der Waals surface area (Å²) in [7, 11) is -9.91. The Morgan fingerprint density at radius 2 is 0.522 bits per heavy atom. The minimum absolute atomic E-state index is 0.104.